The van der Waals surface area contributed by atoms with Gasteiger partial charge in [-0.25, -0.2) is 4.98 Å². The Morgan fingerprint density at radius 1 is 1.43 bits per heavy atom. The van der Waals surface area contributed by atoms with Crippen molar-refractivity contribution in [3.05, 3.63) is 29.7 Å². The van der Waals surface area contributed by atoms with Crippen molar-refractivity contribution in [2.24, 2.45) is 0 Å². The smallest absolute Gasteiger partial charge is 0.137 e. The molecule has 2 aromatic rings. The van der Waals surface area contributed by atoms with Crippen molar-refractivity contribution in [3.8, 4) is 5.75 Å². The number of pyridine rings is 1. The lowest BCUT2D eigenvalue weighted by atomic mass is 10.3. The zero-order valence-electron chi connectivity index (χ0n) is 7.94. The van der Waals surface area contributed by atoms with Crippen molar-refractivity contribution in [3.63, 3.8) is 0 Å². The van der Waals surface area contributed by atoms with Gasteiger partial charge in [-0.2, -0.15) is 0 Å². The largest absolute Gasteiger partial charge is 0.506 e. The first-order chi connectivity index (χ1) is 6.72. The lowest BCUT2D eigenvalue weighted by Crippen LogP contribution is -1.94. The second-order valence-corrected chi connectivity index (χ2v) is 3.23. The molecule has 74 valence electrons. The van der Waals surface area contributed by atoms with Crippen molar-refractivity contribution in [2.45, 2.75) is 13.3 Å². The molecule has 0 aliphatic carbocycles. The fourth-order valence-electron chi connectivity index (χ4n) is 1.54. The highest BCUT2D eigenvalue weighted by molar-refractivity contribution is 5.45. The normalized spacial score (nSPS) is 11.0. The zero-order chi connectivity index (χ0) is 10.1. The molecule has 2 rings (SSSR count). The van der Waals surface area contributed by atoms with Crippen LogP contribution in [0.5, 0.6) is 5.75 Å². The summed E-state index contributed by atoms with van der Waals surface area (Å²) < 4.78 is 1.82. The molecule has 0 aromatic carbocycles. The first-order valence-corrected chi connectivity index (χ1v) is 4.50. The third-order valence-electron chi connectivity index (χ3n) is 2.29. The molecular formula is C10H12N2O2. The molecule has 0 unspecified atom stereocenters. The summed E-state index contributed by atoms with van der Waals surface area (Å²) in [5.74, 6) is 0.216. The van der Waals surface area contributed by atoms with E-state index in [9.17, 15) is 5.11 Å². The first kappa shape index (κ1) is 9.02. The zero-order valence-corrected chi connectivity index (χ0v) is 7.94. The van der Waals surface area contributed by atoms with Crippen LogP contribution in [-0.4, -0.2) is 26.2 Å². The topological polar surface area (TPSA) is 57.8 Å². The van der Waals surface area contributed by atoms with Gasteiger partial charge < -0.3 is 14.6 Å². The van der Waals surface area contributed by atoms with E-state index in [2.05, 4.69) is 4.98 Å². The van der Waals surface area contributed by atoms with Crippen LogP contribution in [0.4, 0.5) is 0 Å². The van der Waals surface area contributed by atoms with E-state index in [0.717, 1.165) is 17.0 Å². The fourth-order valence-corrected chi connectivity index (χ4v) is 1.54. The van der Waals surface area contributed by atoms with Gasteiger partial charge in [-0.1, -0.05) is 0 Å². The van der Waals surface area contributed by atoms with Crippen molar-refractivity contribution >= 4 is 5.65 Å². The Morgan fingerprint density at radius 2 is 2.21 bits per heavy atom. The molecule has 2 heterocycles. The lowest BCUT2D eigenvalue weighted by Gasteiger charge is -1.97. The number of aliphatic hydroxyl groups excluding tert-OH is 1. The number of nitrogens with zero attached hydrogens (tertiary/aromatic N) is 2. The summed E-state index contributed by atoms with van der Waals surface area (Å²) >= 11 is 0. The Balaban J connectivity index is 2.62. The average molecular weight is 192 g/mol. The van der Waals surface area contributed by atoms with Crippen LogP contribution in [-0.2, 0) is 6.42 Å². The summed E-state index contributed by atoms with van der Waals surface area (Å²) in [5, 5.41) is 18.1. The van der Waals surface area contributed by atoms with E-state index in [0.29, 0.717) is 6.42 Å². The molecule has 0 spiro atoms. The molecule has 4 nitrogen and oxygen atoms in total. The van der Waals surface area contributed by atoms with Gasteiger partial charge in [-0.3, -0.25) is 0 Å². The lowest BCUT2D eigenvalue weighted by molar-refractivity contribution is 0.298. The van der Waals surface area contributed by atoms with E-state index in [-0.39, 0.29) is 12.4 Å². The van der Waals surface area contributed by atoms with Crippen molar-refractivity contribution < 1.29 is 10.2 Å². The van der Waals surface area contributed by atoms with Gasteiger partial charge in [0.05, 0.1) is 11.9 Å². The van der Waals surface area contributed by atoms with Gasteiger partial charge in [0.15, 0.2) is 0 Å². The quantitative estimate of drug-likeness (QED) is 0.742. The average Bonchev–Trinajstić information content (AvgIpc) is 2.46. The standard InChI is InChI=1S/C10H12N2O2/c1-7-9(4-5-13)11-10-3-2-8(14)6-12(7)10/h2-3,6,13-14H,4-5H2,1H3. The van der Waals surface area contributed by atoms with Crippen LogP contribution in [0.1, 0.15) is 11.4 Å². The van der Waals surface area contributed by atoms with Crippen LogP contribution in [0.2, 0.25) is 0 Å². The highest BCUT2D eigenvalue weighted by Crippen LogP contribution is 2.16. The number of aryl methyl sites for hydroxylation is 1. The van der Waals surface area contributed by atoms with Crippen LogP contribution >= 0.6 is 0 Å². The number of hydrogen-bond acceptors (Lipinski definition) is 3. The second-order valence-electron chi connectivity index (χ2n) is 3.23. The van der Waals surface area contributed by atoms with E-state index in [1.54, 1.807) is 18.3 Å². The summed E-state index contributed by atoms with van der Waals surface area (Å²) in [6.45, 7) is 2.02. The highest BCUT2D eigenvalue weighted by Gasteiger charge is 2.07. The van der Waals surface area contributed by atoms with E-state index < -0.39 is 0 Å². The second kappa shape index (κ2) is 3.31. The van der Waals surface area contributed by atoms with Gasteiger partial charge >= 0.3 is 0 Å². The van der Waals surface area contributed by atoms with Crippen molar-refractivity contribution in [2.75, 3.05) is 6.61 Å². The Labute approximate surface area is 81.5 Å². The van der Waals surface area contributed by atoms with Crippen LogP contribution in [0, 0.1) is 6.92 Å². The number of fused-ring (bicyclic) bond motifs is 1. The Bertz CT molecular complexity index is 462. The maximum atomic E-state index is 9.30. The summed E-state index contributed by atoms with van der Waals surface area (Å²) in [6, 6.07) is 3.35. The molecule has 4 heteroatoms. The molecule has 0 fully saturated rings. The molecule has 0 bridgehead atoms. The van der Waals surface area contributed by atoms with Gasteiger partial charge in [0.2, 0.25) is 0 Å². The maximum Gasteiger partial charge on any atom is 0.137 e. The van der Waals surface area contributed by atoms with E-state index in [1.165, 1.54) is 0 Å². The molecule has 0 saturated heterocycles. The molecule has 0 amide bonds. The number of imidazole rings is 1. The highest BCUT2D eigenvalue weighted by atomic mass is 16.3. The van der Waals surface area contributed by atoms with Crippen LogP contribution < -0.4 is 0 Å². The predicted octanol–water partition coefficient (Wildman–Crippen LogP) is 0.883. The van der Waals surface area contributed by atoms with Crippen molar-refractivity contribution in [1.29, 1.82) is 0 Å². The van der Waals surface area contributed by atoms with Gasteiger partial charge in [0.1, 0.15) is 11.4 Å². The van der Waals surface area contributed by atoms with Crippen LogP contribution in [0.15, 0.2) is 18.3 Å². The molecule has 0 radical (unpaired) electrons. The molecule has 2 aromatic heterocycles. The number of rotatable bonds is 2. The molecule has 0 aliphatic rings. The molecule has 2 N–H and O–H groups in total. The van der Waals surface area contributed by atoms with Gasteiger partial charge in [0.25, 0.3) is 0 Å². The maximum absolute atomic E-state index is 9.30. The molecular weight excluding hydrogens is 180 g/mol. The predicted molar refractivity (Wildman–Crippen MR) is 52.4 cm³/mol. The van der Waals surface area contributed by atoms with E-state index >= 15 is 0 Å². The number of hydrogen-bond donors (Lipinski definition) is 2. The minimum Gasteiger partial charge on any atom is -0.506 e. The molecule has 0 saturated carbocycles. The SMILES string of the molecule is Cc1c(CCO)nc2ccc(O)cn12. The van der Waals surface area contributed by atoms with Gasteiger partial charge in [-0.15, -0.1) is 0 Å². The third kappa shape index (κ3) is 1.33. The third-order valence-corrected chi connectivity index (χ3v) is 2.29. The number of aromatic hydroxyl groups is 1. The summed E-state index contributed by atoms with van der Waals surface area (Å²) in [7, 11) is 0. The monoisotopic (exact) mass is 192 g/mol. The Hall–Kier alpha value is -1.55. The summed E-state index contributed by atoms with van der Waals surface area (Å²) in [6.07, 6.45) is 2.17. The Kier molecular flexibility index (Phi) is 2.13. The number of aliphatic hydroxyl groups is 1. The van der Waals surface area contributed by atoms with Crippen LogP contribution in [0.3, 0.4) is 0 Å². The molecule has 0 atom stereocenters. The van der Waals surface area contributed by atoms with Crippen molar-refractivity contribution in [1.82, 2.24) is 9.38 Å². The number of aromatic nitrogens is 2. The Morgan fingerprint density at radius 3 is 2.93 bits per heavy atom. The molecule has 14 heavy (non-hydrogen) atoms. The van der Waals surface area contributed by atoms with E-state index in [4.69, 9.17) is 5.11 Å². The minimum atomic E-state index is 0.0940. The summed E-state index contributed by atoms with van der Waals surface area (Å²) in [4.78, 5) is 4.33. The molecule has 0 aliphatic heterocycles. The van der Waals surface area contributed by atoms with Gasteiger partial charge in [0, 0.05) is 18.7 Å². The fraction of sp³-hybridized carbons (Fsp3) is 0.300. The van der Waals surface area contributed by atoms with Crippen LogP contribution in [0.25, 0.3) is 5.65 Å². The van der Waals surface area contributed by atoms with Gasteiger partial charge in [-0.05, 0) is 19.1 Å². The first-order valence-electron chi connectivity index (χ1n) is 4.50. The minimum absolute atomic E-state index is 0.0940. The van der Waals surface area contributed by atoms with E-state index in [1.807, 2.05) is 11.3 Å². The summed E-state index contributed by atoms with van der Waals surface area (Å²) in [5.41, 5.74) is 2.63.